The highest BCUT2D eigenvalue weighted by atomic mass is 32.2. The molecule has 1 heterocycles. The average Bonchev–Trinajstić information content (AvgIpc) is 3.03. The van der Waals surface area contributed by atoms with Gasteiger partial charge in [-0.2, -0.15) is 0 Å². The number of hydrogen-bond donors (Lipinski definition) is 1. The Kier molecular flexibility index (Phi) is 7.54. The summed E-state index contributed by atoms with van der Waals surface area (Å²) in [6.45, 7) is 0.841. The van der Waals surface area contributed by atoms with E-state index in [0.29, 0.717) is 13.0 Å². The lowest BCUT2D eigenvalue weighted by molar-refractivity contribution is -0.140. The van der Waals surface area contributed by atoms with E-state index in [2.05, 4.69) is 0 Å². The Balaban J connectivity index is 2.10. The number of aliphatic hydroxyl groups is 1. The number of aliphatic hydroxyl groups excluding tert-OH is 1. The van der Waals surface area contributed by atoms with Crippen molar-refractivity contribution in [3.63, 3.8) is 0 Å². The third-order valence-corrected chi connectivity index (χ3v) is 7.48. The molecule has 1 saturated heterocycles. The number of likely N-dealkylation sites (tertiary alicyclic amines) is 1. The molecule has 1 N–H and O–H groups in total. The lowest BCUT2D eigenvalue weighted by Crippen LogP contribution is -2.32. The van der Waals surface area contributed by atoms with E-state index < -0.39 is 39.3 Å². The summed E-state index contributed by atoms with van der Waals surface area (Å²) < 4.78 is 40.5. The first-order chi connectivity index (χ1) is 16.0. The van der Waals surface area contributed by atoms with Crippen molar-refractivity contribution in [2.45, 2.75) is 17.4 Å². The molecule has 1 aliphatic rings. The molecular weight excluding hydrogens is 461 g/mol. The molecule has 182 valence electrons. The molecule has 2 aromatic carbocycles. The predicted octanol–water partition coefficient (Wildman–Crippen LogP) is 2.45. The zero-order chi connectivity index (χ0) is 25.2. The number of amides is 1. The number of Topliss-reactive ketones (excluding diaryl/α,β-unsaturated/α-hetero) is 1. The molecule has 0 aromatic heterocycles. The molecule has 1 fully saturated rings. The number of nitrogens with zero attached hydrogens (tertiary/aromatic N) is 3. The molecule has 0 saturated carbocycles. The maximum Gasteiger partial charge on any atom is 0.295 e. The number of sulfonamides is 1. The van der Waals surface area contributed by atoms with Crippen LogP contribution in [-0.4, -0.2) is 80.6 Å². The summed E-state index contributed by atoms with van der Waals surface area (Å²) in [5.74, 6) is -2.83. The second-order valence-electron chi connectivity index (χ2n) is 8.48. The van der Waals surface area contributed by atoms with Crippen molar-refractivity contribution in [3.8, 4) is 0 Å². The van der Waals surface area contributed by atoms with Crippen LogP contribution in [0, 0.1) is 5.82 Å². The minimum absolute atomic E-state index is 0.00356. The van der Waals surface area contributed by atoms with E-state index in [4.69, 9.17) is 0 Å². The normalized spacial score (nSPS) is 18.3. The van der Waals surface area contributed by atoms with Crippen LogP contribution in [0.4, 0.5) is 4.39 Å². The van der Waals surface area contributed by atoms with Gasteiger partial charge in [-0.25, -0.2) is 17.1 Å². The van der Waals surface area contributed by atoms with Crippen molar-refractivity contribution in [2.75, 3.05) is 41.3 Å². The fourth-order valence-electron chi connectivity index (χ4n) is 3.84. The number of rotatable bonds is 8. The lowest BCUT2D eigenvalue weighted by Gasteiger charge is -2.26. The van der Waals surface area contributed by atoms with Crippen LogP contribution in [0.15, 0.2) is 59.0 Å². The number of benzene rings is 2. The van der Waals surface area contributed by atoms with Gasteiger partial charge in [0.15, 0.2) is 0 Å². The number of halogens is 1. The van der Waals surface area contributed by atoms with E-state index >= 15 is 0 Å². The van der Waals surface area contributed by atoms with Gasteiger partial charge in [0.1, 0.15) is 11.6 Å². The van der Waals surface area contributed by atoms with Crippen molar-refractivity contribution < 1.29 is 27.5 Å². The summed E-state index contributed by atoms with van der Waals surface area (Å²) in [6.07, 6.45) is 0.544. The minimum atomic E-state index is -3.69. The highest BCUT2D eigenvalue weighted by molar-refractivity contribution is 7.89. The highest BCUT2D eigenvalue weighted by Crippen LogP contribution is 2.40. The fraction of sp³-hybridized carbons (Fsp3) is 0.333. The van der Waals surface area contributed by atoms with Gasteiger partial charge in [0.2, 0.25) is 10.0 Å². The van der Waals surface area contributed by atoms with Crippen molar-refractivity contribution in [3.05, 3.63) is 71.0 Å². The van der Waals surface area contributed by atoms with Gasteiger partial charge >= 0.3 is 0 Å². The molecule has 1 aliphatic heterocycles. The van der Waals surface area contributed by atoms with Crippen LogP contribution in [0.2, 0.25) is 0 Å². The standard InChI is InChI=1S/C24H28FN3O5S/c1-26(2)14-7-15-28-21(18-8-5-6-9-19(18)25)20(23(30)24(28)31)22(29)16-10-12-17(13-11-16)34(32,33)27(3)4/h5-6,8-13,21,29H,7,14-15H2,1-4H3/t21-/m0/s1. The number of carbonyl (C=O) groups excluding carboxylic acids is 2. The van der Waals surface area contributed by atoms with Crippen LogP contribution < -0.4 is 0 Å². The van der Waals surface area contributed by atoms with Gasteiger partial charge in [0, 0.05) is 31.8 Å². The first kappa shape index (κ1) is 25.5. The third kappa shape index (κ3) is 4.89. The number of hydrogen-bond acceptors (Lipinski definition) is 6. The van der Waals surface area contributed by atoms with E-state index in [1.54, 1.807) is 6.07 Å². The van der Waals surface area contributed by atoms with Crippen LogP contribution >= 0.6 is 0 Å². The molecule has 1 amide bonds. The summed E-state index contributed by atoms with van der Waals surface area (Å²) in [6, 6.07) is 10.0. The van der Waals surface area contributed by atoms with E-state index in [0.717, 1.165) is 4.31 Å². The molecule has 0 bridgehead atoms. The average molecular weight is 490 g/mol. The monoisotopic (exact) mass is 489 g/mol. The van der Waals surface area contributed by atoms with Crippen molar-refractivity contribution in [1.82, 2.24) is 14.1 Å². The van der Waals surface area contributed by atoms with Crippen LogP contribution in [-0.2, 0) is 19.6 Å². The van der Waals surface area contributed by atoms with Crippen molar-refractivity contribution >= 4 is 27.5 Å². The Bertz CT molecular complexity index is 1220. The van der Waals surface area contributed by atoms with Crippen LogP contribution in [0.5, 0.6) is 0 Å². The van der Waals surface area contributed by atoms with Crippen molar-refractivity contribution in [2.24, 2.45) is 0 Å². The largest absolute Gasteiger partial charge is 0.507 e. The molecule has 10 heteroatoms. The molecule has 3 rings (SSSR count). The zero-order valence-electron chi connectivity index (χ0n) is 19.5. The molecule has 0 radical (unpaired) electrons. The fourth-order valence-corrected chi connectivity index (χ4v) is 4.74. The topological polar surface area (TPSA) is 98.2 Å². The first-order valence-electron chi connectivity index (χ1n) is 10.7. The van der Waals surface area contributed by atoms with Gasteiger partial charge in [-0.1, -0.05) is 18.2 Å². The predicted molar refractivity (Wildman–Crippen MR) is 126 cm³/mol. The molecule has 0 unspecified atom stereocenters. The third-order valence-electron chi connectivity index (χ3n) is 5.65. The van der Waals surface area contributed by atoms with Gasteiger partial charge in [0.05, 0.1) is 16.5 Å². The maximum atomic E-state index is 14.8. The molecule has 0 aliphatic carbocycles. The van der Waals surface area contributed by atoms with E-state index in [1.165, 1.54) is 61.5 Å². The van der Waals surface area contributed by atoms with Gasteiger partial charge in [-0.3, -0.25) is 9.59 Å². The first-order valence-corrected chi connectivity index (χ1v) is 12.1. The van der Waals surface area contributed by atoms with Crippen molar-refractivity contribution in [1.29, 1.82) is 0 Å². The zero-order valence-corrected chi connectivity index (χ0v) is 20.3. The number of carbonyl (C=O) groups is 2. The molecule has 2 aromatic rings. The Hall–Kier alpha value is -3.08. The van der Waals surface area contributed by atoms with Gasteiger partial charge in [-0.05, 0) is 57.4 Å². The Morgan fingerprint density at radius 1 is 1.03 bits per heavy atom. The highest BCUT2D eigenvalue weighted by Gasteiger charge is 2.46. The summed E-state index contributed by atoms with van der Waals surface area (Å²) in [4.78, 5) is 29.1. The van der Waals surface area contributed by atoms with Gasteiger partial charge < -0.3 is 14.9 Å². The Morgan fingerprint density at radius 3 is 2.21 bits per heavy atom. The van der Waals surface area contributed by atoms with E-state index in [9.17, 15) is 27.5 Å². The smallest absolute Gasteiger partial charge is 0.295 e. The van der Waals surface area contributed by atoms with Gasteiger partial charge in [0.25, 0.3) is 11.7 Å². The summed E-state index contributed by atoms with van der Waals surface area (Å²) in [5, 5.41) is 11.1. The van der Waals surface area contributed by atoms with Crippen LogP contribution in [0.1, 0.15) is 23.6 Å². The lowest BCUT2D eigenvalue weighted by atomic mass is 9.95. The second-order valence-corrected chi connectivity index (χ2v) is 10.6. The Labute approximate surface area is 198 Å². The van der Waals surface area contributed by atoms with Crippen LogP contribution in [0.25, 0.3) is 5.76 Å². The Morgan fingerprint density at radius 2 is 1.65 bits per heavy atom. The molecule has 1 atom stereocenters. The second kappa shape index (κ2) is 10.0. The molecule has 0 spiro atoms. The SMILES string of the molecule is CN(C)CCCN1C(=O)C(=O)C(=C(O)c2ccc(S(=O)(=O)N(C)C)cc2)[C@@H]1c1ccccc1F. The van der Waals surface area contributed by atoms with Gasteiger partial charge in [-0.15, -0.1) is 0 Å². The molecular formula is C24H28FN3O5S. The quantitative estimate of drug-likeness (QED) is 0.348. The summed E-state index contributed by atoms with van der Waals surface area (Å²) in [7, 11) is 2.86. The summed E-state index contributed by atoms with van der Waals surface area (Å²) >= 11 is 0. The summed E-state index contributed by atoms with van der Waals surface area (Å²) in [5.41, 5.74) is 0.00779. The molecule has 34 heavy (non-hydrogen) atoms. The minimum Gasteiger partial charge on any atom is -0.507 e. The van der Waals surface area contributed by atoms with E-state index in [1.807, 2.05) is 19.0 Å². The maximum absolute atomic E-state index is 14.8. The molecule has 8 nitrogen and oxygen atoms in total. The number of ketones is 1. The van der Waals surface area contributed by atoms with Crippen LogP contribution in [0.3, 0.4) is 0 Å². The van der Waals surface area contributed by atoms with E-state index in [-0.39, 0.29) is 28.1 Å².